The molecule has 0 unspecified atom stereocenters. The summed E-state index contributed by atoms with van der Waals surface area (Å²) in [5.41, 5.74) is -1.71. The third kappa shape index (κ3) is 3.73. The van der Waals surface area contributed by atoms with E-state index in [2.05, 4.69) is 10.1 Å². The number of alkyl halides is 3. The van der Waals surface area contributed by atoms with Crippen molar-refractivity contribution in [3.63, 3.8) is 0 Å². The molecule has 0 radical (unpaired) electrons. The molecule has 2 aromatic heterocycles. The molecule has 0 saturated heterocycles. The fourth-order valence-electron chi connectivity index (χ4n) is 3.20. The highest BCUT2D eigenvalue weighted by molar-refractivity contribution is 6.49. The van der Waals surface area contributed by atoms with E-state index < -0.39 is 23.4 Å². The van der Waals surface area contributed by atoms with E-state index in [1.165, 1.54) is 19.1 Å². The van der Waals surface area contributed by atoms with Gasteiger partial charge in [0.15, 0.2) is 11.5 Å². The van der Waals surface area contributed by atoms with Gasteiger partial charge in [-0.3, -0.25) is 0 Å². The molecule has 0 amide bonds. The van der Waals surface area contributed by atoms with E-state index in [0.29, 0.717) is 6.07 Å². The fourth-order valence-corrected chi connectivity index (χ4v) is 3.83. The minimum Gasteiger partial charge on any atom is -0.228 e. The lowest BCUT2D eigenvalue weighted by atomic mass is 10.0. The van der Waals surface area contributed by atoms with Crippen LogP contribution in [0.4, 0.5) is 22.0 Å². The maximum absolute atomic E-state index is 14.4. The summed E-state index contributed by atoms with van der Waals surface area (Å²) in [6.45, 7) is 1.34. The standard InChI is InChI=1S/C20H9Cl3F5N3/c1-8-16-11(20(26,27)28)7-14(10-3-4-12(21)18(23)17(10)22)29-19(16)31(30-8)15-5-2-9(24)6-13(15)25/h2-7H,1H3. The molecule has 0 bridgehead atoms. The average Bonchev–Trinajstić information content (AvgIpc) is 3.01. The highest BCUT2D eigenvalue weighted by atomic mass is 35.5. The molecule has 0 saturated carbocycles. The Hall–Kier alpha value is -2.42. The Kier molecular flexibility index (Phi) is 5.36. The molecule has 31 heavy (non-hydrogen) atoms. The second-order valence-corrected chi connectivity index (χ2v) is 7.73. The van der Waals surface area contributed by atoms with Crippen molar-refractivity contribution in [1.29, 1.82) is 0 Å². The SMILES string of the molecule is Cc1nn(-c2ccc(F)cc2F)c2nc(-c3ccc(Cl)c(Cl)c3Cl)cc(C(F)(F)F)c12. The van der Waals surface area contributed by atoms with E-state index in [1.54, 1.807) is 0 Å². The molecule has 0 N–H and O–H groups in total. The average molecular weight is 493 g/mol. The Morgan fingerprint density at radius 2 is 1.65 bits per heavy atom. The number of halogens is 8. The quantitative estimate of drug-likeness (QED) is 0.212. The van der Waals surface area contributed by atoms with Crippen LogP contribution in [0.1, 0.15) is 11.3 Å². The van der Waals surface area contributed by atoms with Crippen molar-refractivity contribution < 1.29 is 22.0 Å². The zero-order valence-corrected chi connectivity index (χ0v) is 17.6. The monoisotopic (exact) mass is 491 g/mol. The molecule has 4 rings (SSSR count). The Labute approximate surface area is 187 Å². The molecule has 2 aromatic carbocycles. The molecule has 3 nitrogen and oxygen atoms in total. The molecule has 0 aliphatic carbocycles. The maximum Gasteiger partial charge on any atom is 0.417 e. The molecule has 0 atom stereocenters. The lowest BCUT2D eigenvalue weighted by Gasteiger charge is -2.13. The Morgan fingerprint density at radius 1 is 0.935 bits per heavy atom. The largest absolute Gasteiger partial charge is 0.417 e. The van der Waals surface area contributed by atoms with E-state index in [1.807, 2.05) is 0 Å². The van der Waals surface area contributed by atoms with Crippen LogP contribution < -0.4 is 0 Å². The van der Waals surface area contributed by atoms with E-state index in [4.69, 9.17) is 34.8 Å². The molecular weight excluding hydrogens is 484 g/mol. The van der Waals surface area contributed by atoms with Gasteiger partial charge in [-0.2, -0.15) is 18.3 Å². The molecule has 11 heteroatoms. The van der Waals surface area contributed by atoms with E-state index in [0.717, 1.165) is 22.9 Å². The molecule has 0 spiro atoms. The fraction of sp³-hybridized carbons (Fsp3) is 0.100. The van der Waals surface area contributed by atoms with Crippen LogP contribution in [0.3, 0.4) is 0 Å². The minimum atomic E-state index is -4.78. The first kappa shape index (κ1) is 21.8. The van der Waals surface area contributed by atoms with Crippen molar-refractivity contribution in [2.75, 3.05) is 0 Å². The zero-order chi connectivity index (χ0) is 22.7. The maximum atomic E-state index is 14.4. The number of fused-ring (bicyclic) bond motifs is 1. The molecular formula is C20H9Cl3F5N3. The predicted octanol–water partition coefficient (Wildman–Crippen LogP) is 7.65. The highest BCUT2D eigenvalue weighted by Crippen LogP contribution is 2.42. The summed E-state index contributed by atoms with van der Waals surface area (Å²) in [5.74, 6) is -1.86. The van der Waals surface area contributed by atoms with Gasteiger partial charge >= 0.3 is 6.18 Å². The van der Waals surface area contributed by atoms with Crippen molar-refractivity contribution in [2.24, 2.45) is 0 Å². The van der Waals surface area contributed by atoms with E-state index in [-0.39, 0.29) is 48.7 Å². The normalized spacial score (nSPS) is 12.0. The van der Waals surface area contributed by atoms with Gasteiger partial charge in [-0.05, 0) is 37.3 Å². The Balaban J connectivity index is 2.10. The number of hydrogen-bond acceptors (Lipinski definition) is 2. The molecule has 0 aliphatic heterocycles. The van der Waals surface area contributed by atoms with Crippen molar-refractivity contribution >= 4 is 45.8 Å². The lowest BCUT2D eigenvalue weighted by molar-refractivity contribution is -0.136. The summed E-state index contributed by atoms with van der Waals surface area (Å²) < 4.78 is 70.4. The van der Waals surface area contributed by atoms with Crippen LogP contribution in [0.5, 0.6) is 0 Å². The number of benzene rings is 2. The van der Waals surface area contributed by atoms with Gasteiger partial charge < -0.3 is 0 Å². The zero-order valence-electron chi connectivity index (χ0n) is 15.3. The van der Waals surface area contributed by atoms with Crippen molar-refractivity contribution in [2.45, 2.75) is 13.1 Å². The second-order valence-electron chi connectivity index (χ2n) is 6.57. The van der Waals surface area contributed by atoms with Gasteiger partial charge in [0.2, 0.25) is 0 Å². The summed E-state index contributed by atoms with van der Waals surface area (Å²) >= 11 is 18.1. The van der Waals surface area contributed by atoms with E-state index >= 15 is 0 Å². The predicted molar refractivity (Wildman–Crippen MR) is 109 cm³/mol. The summed E-state index contributed by atoms with van der Waals surface area (Å²) in [6.07, 6.45) is -4.78. The molecule has 160 valence electrons. The molecule has 0 fully saturated rings. The topological polar surface area (TPSA) is 30.7 Å². The van der Waals surface area contributed by atoms with Gasteiger partial charge in [-0.1, -0.05) is 34.8 Å². The summed E-state index contributed by atoms with van der Waals surface area (Å²) in [5, 5.41) is 3.67. The van der Waals surface area contributed by atoms with Crippen molar-refractivity contribution in [3.8, 4) is 16.9 Å². The Morgan fingerprint density at radius 3 is 2.29 bits per heavy atom. The van der Waals surface area contributed by atoms with Crippen LogP contribution in [0.15, 0.2) is 36.4 Å². The summed E-state index contributed by atoms with van der Waals surface area (Å²) in [4.78, 5) is 4.27. The number of nitrogens with zero attached hydrogens (tertiary/aromatic N) is 3. The van der Waals surface area contributed by atoms with Gasteiger partial charge in [-0.25, -0.2) is 18.4 Å². The first-order valence-electron chi connectivity index (χ1n) is 8.56. The number of pyridine rings is 1. The number of hydrogen-bond donors (Lipinski definition) is 0. The summed E-state index contributed by atoms with van der Waals surface area (Å²) in [6, 6.07) is 6.18. The van der Waals surface area contributed by atoms with Gasteiger partial charge in [0.05, 0.1) is 37.4 Å². The highest BCUT2D eigenvalue weighted by Gasteiger charge is 2.36. The van der Waals surface area contributed by atoms with Crippen LogP contribution >= 0.6 is 34.8 Å². The molecule has 4 aromatic rings. The smallest absolute Gasteiger partial charge is 0.228 e. The number of aromatic nitrogens is 3. The number of aryl methyl sites for hydroxylation is 1. The summed E-state index contributed by atoms with van der Waals surface area (Å²) in [7, 11) is 0. The van der Waals surface area contributed by atoms with Crippen molar-refractivity contribution in [1.82, 2.24) is 14.8 Å². The van der Waals surface area contributed by atoms with Crippen LogP contribution in [-0.4, -0.2) is 14.8 Å². The third-order valence-corrected chi connectivity index (χ3v) is 5.86. The molecule has 2 heterocycles. The Bertz CT molecular complexity index is 1350. The van der Waals surface area contributed by atoms with Crippen LogP contribution in [0.25, 0.3) is 28.0 Å². The van der Waals surface area contributed by atoms with Gasteiger partial charge in [0, 0.05) is 11.6 Å². The minimum absolute atomic E-state index is 0.0367. The van der Waals surface area contributed by atoms with Gasteiger partial charge in [-0.15, -0.1) is 0 Å². The van der Waals surface area contributed by atoms with Crippen LogP contribution in [0, 0.1) is 18.6 Å². The third-order valence-electron chi connectivity index (χ3n) is 4.57. The second kappa shape index (κ2) is 7.62. The van der Waals surface area contributed by atoms with Gasteiger partial charge in [0.1, 0.15) is 11.5 Å². The van der Waals surface area contributed by atoms with E-state index in [9.17, 15) is 22.0 Å². The van der Waals surface area contributed by atoms with Crippen molar-refractivity contribution in [3.05, 3.63) is 74.4 Å². The van der Waals surface area contributed by atoms with Crippen LogP contribution in [0.2, 0.25) is 15.1 Å². The first-order valence-corrected chi connectivity index (χ1v) is 9.69. The first-order chi connectivity index (χ1) is 14.5. The molecule has 0 aliphatic rings. The number of rotatable bonds is 2. The van der Waals surface area contributed by atoms with Gasteiger partial charge in [0.25, 0.3) is 0 Å². The van der Waals surface area contributed by atoms with Crippen LogP contribution in [-0.2, 0) is 6.18 Å². The lowest BCUT2D eigenvalue weighted by Crippen LogP contribution is -2.08.